The van der Waals surface area contributed by atoms with Gasteiger partial charge in [-0.15, -0.1) is 0 Å². The molecule has 0 saturated carbocycles. The number of fused-ring (bicyclic) bond motifs is 1. The third-order valence-corrected chi connectivity index (χ3v) is 4.64. The second-order valence-corrected chi connectivity index (χ2v) is 6.13. The summed E-state index contributed by atoms with van der Waals surface area (Å²) >= 11 is 0. The number of anilines is 3. The van der Waals surface area contributed by atoms with Crippen molar-refractivity contribution in [2.45, 2.75) is 25.7 Å². The van der Waals surface area contributed by atoms with Crippen molar-refractivity contribution in [3.05, 3.63) is 90.0 Å². The van der Waals surface area contributed by atoms with Gasteiger partial charge in [0.25, 0.3) is 0 Å². The Balaban J connectivity index is 1.90. The van der Waals surface area contributed by atoms with E-state index in [0.717, 1.165) is 0 Å². The van der Waals surface area contributed by atoms with Crippen LogP contribution in [-0.4, -0.2) is 0 Å². The number of aryl methyl sites for hydroxylation is 1. The molecule has 23 heavy (non-hydrogen) atoms. The fourth-order valence-electron chi connectivity index (χ4n) is 3.55. The molecule has 0 saturated heterocycles. The van der Waals surface area contributed by atoms with E-state index in [4.69, 9.17) is 0 Å². The van der Waals surface area contributed by atoms with Crippen LogP contribution < -0.4 is 4.90 Å². The van der Waals surface area contributed by atoms with Gasteiger partial charge >= 0.3 is 0 Å². The van der Waals surface area contributed by atoms with Crippen LogP contribution in [0.15, 0.2) is 78.9 Å². The normalized spacial score (nSPS) is 13.4. The van der Waals surface area contributed by atoms with Gasteiger partial charge in [0.1, 0.15) is 0 Å². The fourth-order valence-corrected chi connectivity index (χ4v) is 3.55. The van der Waals surface area contributed by atoms with Crippen LogP contribution in [-0.2, 0) is 12.8 Å². The molecule has 0 N–H and O–H groups in total. The number of hydrogen-bond acceptors (Lipinski definition) is 1. The Morgan fingerprint density at radius 2 is 1.17 bits per heavy atom. The maximum atomic E-state index is 2.39. The summed E-state index contributed by atoms with van der Waals surface area (Å²) in [6.45, 7) is 0. The smallest absolute Gasteiger partial charge is 0.0496 e. The Labute approximate surface area is 138 Å². The molecule has 1 heteroatoms. The molecule has 0 unspecified atom stereocenters. The first-order chi connectivity index (χ1) is 11.4. The van der Waals surface area contributed by atoms with Crippen LogP contribution in [0.2, 0.25) is 0 Å². The molecule has 0 spiro atoms. The lowest BCUT2D eigenvalue weighted by Gasteiger charge is -2.30. The molecule has 4 rings (SSSR count). The number of para-hydroxylation sites is 2. The molecule has 0 bridgehead atoms. The molecule has 114 valence electrons. The second-order valence-electron chi connectivity index (χ2n) is 6.13. The molecule has 0 aliphatic heterocycles. The van der Waals surface area contributed by atoms with E-state index in [1.54, 1.807) is 0 Å². The van der Waals surface area contributed by atoms with Crippen LogP contribution >= 0.6 is 0 Å². The third-order valence-electron chi connectivity index (χ3n) is 4.64. The van der Waals surface area contributed by atoms with Crippen molar-refractivity contribution in [2.75, 3.05) is 4.90 Å². The number of benzene rings is 3. The van der Waals surface area contributed by atoms with E-state index >= 15 is 0 Å². The van der Waals surface area contributed by atoms with E-state index in [2.05, 4.69) is 83.8 Å². The van der Waals surface area contributed by atoms with Crippen molar-refractivity contribution in [3.63, 3.8) is 0 Å². The number of nitrogens with zero attached hydrogens (tertiary/aromatic N) is 1. The topological polar surface area (TPSA) is 3.24 Å². The fraction of sp³-hybridized carbons (Fsp3) is 0.182. The minimum absolute atomic E-state index is 1.18. The van der Waals surface area contributed by atoms with Crippen molar-refractivity contribution in [1.82, 2.24) is 0 Å². The molecule has 3 aromatic carbocycles. The highest BCUT2D eigenvalue weighted by molar-refractivity contribution is 5.79. The van der Waals surface area contributed by atoms with Gasteiger partial charge < -0.3 is 4.90 Å². The minimum atomic E-state index is 1.18. The summed E-state index contributed by atoms with van der Waals surface area (Å²) in [5.41, 5.74) is 6.81. The van der Waals surface area contributed by atoms with E-state index in [1.165, 1.54) is 53.9 Å². The Bertz CT molecular complexity index is 738. The largest absolute Gasteiger partial charge is 0.310 e. The molecule has 3 aromatic rings. The molecule has 0 aromatic heterocycles. The SMILES string of the molecule is c1ccc(N(c2ccccc2)c2cccc3c2CCCC3)cc1. The van der Waals surface area contributed by atoms with Gasteiger partial charge in [-0.3, -0.25) is 0 Å². The van der Waals surface area contributed by atoms with Gasteiger partial charge in [0.05, 0.1) is 0 Å². The van der Waals surface area contributed by atoms with Gasteiger partial charge in [-0.1, -0.05) is 48.5 Å². The predicted octanol–water partition coefficient (Wildman–Crippen LogP) is 6.04. The molecule has 0 amide bonds. The maximum absolute atomic E-state index is 2.39. The summed E-state index contributed by atoms with van der Waals surface area (Å²) in [5, 5.41) is 0. The van der Waals surface area contributed by atoms with Crippen molar-refractivity contribution >= 4 is 17.1 Å². The first kappa shape index (κ1) is 14.1. The lowest BCUT2D eigenvalue weighted by molar-refractivity contribution is 0.686. The zero-order chi connectivity index (χ0) is 15.5. The van der Waals surface area contributed by atoms with Crippen molar-refractivity contribution < 1.29 is 0 Å². The minimum Gasteiger partial charge on any atom is -0.310 e. The van der Waals surface area contributed by atoms with Crippen LogP contribution in [0.25, 0.3) is 0 Å². The Kier molecular flexibility index (Phi) is 3.85. The monoisotopic (exact) mass is 299 g/mol. The van der Waals surface area contributed by atoms with Gasteiger partial charge in [-0.05, 0) is 67.1 Å². The second kappa shape index (κ2) is 6.29. The van der Waals surface area contributed by atoms with Crippen LogP contribution in [0.3, 0.4) is 0 Å². The Morgan fingerprint density at radius 1 is 0.565 bits per heavy atom. The van der Waals surface area contributed by atoms with Gasteiger partial charge in [-0.2, -0.15) is 0 Å². The Hall–Kier alpha value is -2.54. The first-order valence-corrected chi connectivity index (χ1v) is 8.44. The summed E-state index contributed by atoms with van der Waals surface area (Å²) < 4.78 is 0. The third kappa shape index (κ3) is 2.75. The quantitative estimate of drug-likeness (QED) is 0.570. The highest BCUT2D eigenvalue weighted by Crippen LogP contribution is 2.39. The molecule has 1 aliphatic carbocycles. The van der Waals surface area contributed by atoms with E-state index in [0.29, 0.717) is 0 Å². The number of hydrogen-bond donors (Lipinski definition) is 0. The highest BCUT2D eigenvalue weighted by atomic mass is 15.1. The van der Waals surface area contributed by atoms with E-state index in [-0.39, 0.29) is 0 Å². The lowest BCUT2D eigenvalue weighted by atomic mass is 9.90. The summed E-state index contributed by atoms with van der Waals surface area (Å²) in [5.74, 6) is 0. The summed E-state index contributed by atoms with van der Waals surface area (Å²) in [6.07, 6.45) is 5.00. The maximum Gasteiger partial charge on any atom is 0.0496 e. The zero-order valence-corrected chi connectivity index (χ0v) is 13.3. The molecule has 0 fully saturated rings. The molecule has 0 radical (unpaired) electrons. The van der Waals surface area contributed by atoms with Crippen LogP contribution in [0, 0.1) is 0 Å². The Morgan fingerprint density at radius 3 is 1.83 bits per heavy atom. The summed E-state index contributed by atoms with van der Waals surface area (Å²) in [4.78, 5) is 2.39. The molecular weight excluding hydrogens is 278 g/mol. The van der Waals surface area contributed by atoms with Crippen LogP contribution in [0.1, 0.15) is 24.0 Å². The molecule has 0 atom stereocenters. The highest BCUT2D eigenvalue weighted by Gasteiger charge is 2.19. The molecular formula is C22H21N. The summed E-state index contributed by atoms with van der Waals surface area (Å²) in [7, 11) is 0. The first-order valence-electron chi connectivity index (χ1n) is 8.44. The zero-order valence-electron chi connectivity index (χ0n) is 13.3. The van der Waals surface area contributed by atoms with Crippen molar-refractivity contribution in [2.24, 2.45) is 0 Å². The van der Waals surface area contributed by atoms with Crippen LogP contribution in [0.4, 0.5) is 17.1 Å². The standard InChI is InChI=1S/C22H21N/c1-3-12-19(13-4-1)23(20-14-5-2-6-15-20)22-17-9-11-18-10-7-8-16-21(18)22/h1-6,9,11-15,17H,7-8,10,16H2. The van der Waals surface area contributed by atoms with Gasteiger partial charge in [-0.25, -0.2) is 0 Å². The predicted molar refractivity (Wildman–Crippen MR) is 97.8 cm³/mol. The molecule has 1 aliphatic rings. The van der Waals surface area contributed by atoms with Crippen LogP contribution in [0.5, 0.6) is 0 Å². The number of rotatable bonds is 3. The van der Waals surface area contributed by atoms with Gasteiger partial charge in [0.2, 0.25) is 0 Å². The lowest BCUT2D eigenvalue weighted by Crippen LogP contribution is -2.15. The van der Waals surface area contributed by atoms with Gasteiger partial charge in [0, 0.05) is 17.1 Å². The molecule has 0 heterocycles. The van der Waals surface area contributed by atoms with Crippen molar-refractivity contribution in [1.29, 1.82) is 0 Å². The summed E-state index contributed by atoms with van der Waals surface area (Å²) in [6, 6.07) is 28.1. The van der Waals surface area contributed by atoms with E-state index in [1.807, 2.05) is 0 Å². The van der Waals surface area contributed by atoms with Crippen molar-refractivity contribution in [3.8, 4) is 0 Å². The van der Waals surface area contributed by atoms with E-state index in [9.17, 15) is 0 Å². The van der Waals surface area contributed by atoms with E-state index < -0.39 is 0 Å². The average Bonchev–Trinajstić information content (AvgIpc) is 2.64. The average molecular weight is 299 g/mol. The molecule has 1 nitrogen and oxygen atoms in total. The van der Waals surface area contributed by atoms with Gasteiger partial charge in [0.15, 0.2) is 0 Å².